The number of carbonyl (C=O) groups excluding carboxylic acids is 2. The summed E-state index contributed by atoms with van der Waals surface area (Å²) in [4.78, 5) is 33.0. The number of benzene rings is 1. The maximum absolute atomic E-state index is 11.8. The second kappa shape index (κ2) is 6.48. The predicted molar refractivity (Wildman–Crippen MR) is 66.8 cm³/mol. The third-order valence-electron chi connectivity index (χ3n) is 2.51. The molecule has 1 rings (SSSR count). The molecule has 0 fully saturated rings. The molecule has 0 aliphatic heterocycles. The van der Waals surface area contributed by atoms with E-state index in [1.165, 1.54) is 13.2 Å². The first kappa shape index (κ1) is 14.6. The molecule has 0 unspecified atom stereocenters. The predicted octanol–water partition coefficient (Wildman–Crippen LogP) is 1.20. The van der Waals surface area contributed by atoms with E-state index >= 15 is 0 Å². The van der Waals surface area contributed by atoms with Gasteiger partial charge < -0.3 is 10.1 Å². The minimum Gasteiger partial charge on any atom is -0.469 e. The molecule has 1 aromatic rings. The van der Waals surface area contributed by atoms with Crippen LogP contribution in [-0.2, 0) is 9.53 Å². The molecule has 7 nitrogen and oxygen atoms in total. The summed E-state index contributed by atoms with van der Waals surface area (Å²) in [5.74, 6) is -1.04. The van der Waals surface area contributed by atoms with Crippen LogP contribution in [0, 0.1) is 17.0 Å². The Morgan fingerprint density at radius 1 is 1.42 bits per heavy atom. The van der Waals surface area contributed by atoms with E-state index in [-0.39, 0.29) is 24.2 Å². The lowest BCUT2D eigenvalue weighted by Crippen LogP contribution is -2.27. The van der Waals surface area contributed by atoms with Crippen LogP contribution < -0.4 is 5.32 Å². The molecule has 19 heavy (non-hydrogen) atoms. The first-order valence-electron chi connectivity index (χ1n) is 5.56. The van der Waals surface area contributed by atoms with Gasteiger partial charge in [-0.3, -0.25) is 19.7 Å². The molecule has 1 amide bonds. The summed E-state index contributed by atoms with van der Waals surface area (Å²) in [6.45, 7) is 1.62. The number of nitro benzene ring substituents is 1. The highest BCUT2D eigenvalue weighted by molar-refractivity contribution is 5.98. The van der Waals surface area contributed by atoms with Crippen molar-refractivity contribution in [3.63, 3.8) is 0 Å². The monoisotopic (exact) mass is 266 g/mol. The topological polar surface area (TPSA) is 98.5 Å². The quantitative estimate of drug-likeness (QED) is 0.490. The molecule has 0 aromatic heterocycles. The smallest absolute Gasteiger partial charge is 0.307 e. The summed E-state index contributed by atoms with van der Waals surface area (Å²) in [5.41, 5.74) is 0.165. The Labute approximate surface area is 109 Å². The van der Waals surface area contributed by atoms with Crippen molar-refractivity contribution in [3.05, 3.63) is 39.4 Å². The lowest BCUT2D eigenvalue weighted by molar-refractivity contribution is -0.385. The van der Waals surface area contributed by atoms with E-state index in [0.717, 1.165) is 0 Å². The van der Waals surface area contributed by atoms with Crippen molar-refractivity contribution in [2.45, 2.75) is 13.3 Å². The molecule has 0 aliphatic carbocycles. The summed E-state index contributed by atoms with van der Waals surface area (Å²) in [5, 5.41) is 13.4. The summed E-state index contributed by atoms with van der Waals surface area (Å²) in [6.07, 6.45) is 0.0157. The number of nitrogens with one attached hydrogen (secondary N) is 1. The molecule has 102 valence electrons. The Morgan fingerprint density at radius 3 is 2.68 bits per heavy atom. The third-order valence-corrected chi connectivity index (χ3v) is 2.51. The van der Waals surface area contributed by atoms with Crippen LogP contribution in [0.2, 0.25) is 0 Å². The van der Waals surface area contributed by atoms with E-state index in [9.17, 15) is 19.7 Å². The van der Waals surface area contributed by atoms with Crippen LogP contribution in [-0.4, -0.2) is 30.5 Å². The highest BCUT2D eigenvalue weighted by Gasteiger charge is 2.22. The normalized spacial score (nSPS) is 9.79. The van der Waals surface area contributed by atoms with E-state index in [0.29, 0.717) is 5.56 Å². The number of nitro groups is 1. The fourth-order valence-electron chi connectivity index (χ4n) is 1.56. The lowest BCUT2D eigenvalue weighted by Gasteiger charge is -2.06. The van der Waals surface area contributed by atoms with Gasteiger partial charge in [0.1, 0.15) is 5.56 Å². The van der Waals surface area contributed by atoms with Crippen LogP contribution in [0.1, 0.15) is 22.3 Å². The van der Waals surface area contributed by atoms with Crippen LogP contribution in [0.25, 0.3) is 0 Å². The number of carbonyl (C=O) groups is 2. The average molecular weight is 266 g/mol. The minimum atomic E-state index is -0.593. The summed E-state index contributed by atoms with van der Waals surface area (Å²) in [6, 6.07) is 4.50. The zero-order chi connectivity index (χ0) is 14.4. The maximum Gasteiger partial charge on any atom is 0.307 e. The first-order chi connectivity index (χ1) is 8.97. The van der Waals surface area contributed by atoms with E-state index in [4.69, 9.17) is 0 Å². The summed E-state index contributed by atoms with van der Waals surface area (Å²) < 4.78 is 4.42. The van der Waals surface area contributed by atoms with Crippen LogP contribution in [0.3, 0.4) is 0 Å². The number of ether oxygens (including phenoxy) is 1. The Kier molecular flexibility index (Phi) is 4.99. The second-order valence-electron chi connectivity index (χ2n) is 3.81. The third kappa shape index (κ3) is 3.77. The van der Waals surface area contributed by atoms with Crippen molar-refractivity contribution in [2.75, 3.05) is 13.7 Å². The van der Waals surface area contributed by atoms with Crippen molar-refractivity contribution in [2.24, 2.45) is 0 Å². The number of rotatable bonds is 5. The molecule has 1 aromatic carbocycles. The van der Waals surface area contributed by atoms with Crippen LogP contribution in [0.4, 0.5) is 5.69 Å². The molecule has 7 heteroatoms. The molecule has 0 spiro atoms. The highest BCUT2D eigenvalue weighted by atomic mass is 16.6. The van der Waals surface area contributed by atoms with Gasteiger partial charge in [-0.25, -0.2) is 0 Å². The van der Waals surface area contributed by atoms with Gasteiger partial charge in [0.15, 0.2) is 0 Å². The van der Waals surface area contributed by atoms with Crippen LogP contribution >= 0.6 is 0 Å². The number of para-hydroxylation sites is 1. The second-order valence-corrected chi connectivity index (χ2v) is 3.81. The van der Waals surface area contributed by atoms with Gasteiger partial charge in [0.25, 0.3) is 11.6 Å². The van der Waals surface area contributed by atoms with Gasteiger partial charge >= 0.3 is 5.97 Å². The Hall–Kier alpha value is -2.44. The number of methoxy groups -OCH3 is 1. The van der Waals surface area contributed by atoms with Crippen molar-refractivity contribution in [1.82, 2.24) is 5.32 Å². The van der Waals surface area contributed by atoms with Gasteiger partial charge in [0, 0.05) is 12.1 Å². The Balaban J connectivity index is 2.80. The molecule has 0 atom stereocenters. The van der Waals surface area contributed by atoms with Gasteiger partial charge in [-0.05, 0) is 13.0 Å². The average Bonchev–Trinajstić information content (AvgIpc) is 2.37. The number of aryl methyl sites for hydroxylation is 1. The van der Waals surface area contributed by atoms with E-state index in [1.54, 1.807) is 19.1 Å². The summed E-state index contributed by atoms with van der Waals surface area (Å²) >= 11 is 0. The molecular formula is C12H14N2O5. The van der Waals surface area contributed by atoms with Gasteiger partial charge in [-0.2, -0.15) is 0 Å². The van der Waals surface area contributed by atoms with E-state index < -0.39 is 16.8 Å². The van der Waals surface area contributed by atoms with Gasteiger partial charge in [0.2, 0.25) is 0 Å². The van der Waals surface area contributed by atoms with Crippen LogP contribution in [0.15, 0.2) is 18.2 Å². The van der Waals surface area contributed by atoms with Crippen LogP contribution in [0.5, 0.6) is 0 Å². The maximum atomic E-state index is 11.8. The summed E-state index contributed by atoms with van der Waals surface area (Å²) in [7, 11) is 1.25. The van der Waals surface area contributed by atoms with Crippen molar-refractivity contribution < 1.29 is 19.2 Å². The largest absolute Gasteiger partial charge is 0.469 e. The number of hydrogen-bond acceptors (Lipinski definition) is 5. The fraction of sp³-hybridized carbons (Fsp3) is 0.333. The lowest BCUT2D eigenvalue weighted by atomic mass is 10.1. The van der Waals surface area contributed by atoms with Gasteiger partial charge in [-0.1, -0.05) is 12.1 Å². The fourth-order valence-corrected chi connectivity index (χ4v) is 1.56. The molecule has 0 bridgehead atoms. The Morgan fingerprint density at radius 2 is 2.11 bits per heavy atom. The molecule has 0 radical (unpaired) electrons. The van der Waals surface area contributed by atoms with E-state index in [2.05, 4.69) is 10.1 Å². The minimum absolute atomic E-state index is 0.0157. The first-order valence-corrected chi connectivity index (χ1v) is 5.56. The van der Waals surface area contributed by atoms with Gasteiger partial charge in [-0.15, -0.1) is 0 Å². The Bertz CT molecular complexity index is 513. The van der Waals surface area contributed by atoms with Gasteiger partial charge in [0.05, 0.1) is 18.5 Å². The molecular weight excluding hydrogens is 252 g/mol. The number of hydrogen-bond donors (Lipinski definition) is 1. The molecule has 0 saturated heterocycles. The highest BCUT2D eigenvalue weighted by Crippen LogP contribution is 2.22. The number of esters is 1. The molecule has 0 saturated carbocycles. The SMILES string of the molecule is COC(=O)CCNC(=O)c1cccc(C)c1[N+](=O)[O-]. The van der Waals surface area contributed by atoms with E-state index in [1.807, 2.05) is 0 Å². The number of amides is 1. The standard InChI is InChI=1S/C12H14N2O5/c1-8-4-3-5-9(11(8)14(17)18)12(16)13-7-6-10(15)19-2/h3-5H,6-7H2,1-2H3,(H,13,16). The zero-order valence-electron chi connectivity index (χ0n) is 10.6. The zero-order valence-corrected chi connectivity index (χ0v) is 10.6. The molecule has 0 heterocycles. The van der Waals surface area contributed by atoms with Crippen molar-refractivity contribution >= 4 is 17.6 Å². The number of nitrogens with zero attached hydrogens (tertiary/aromatic N) is 1. The molecule has 0 aliphatic rings. The van der Waals surface area contributed by atoms with Crippen molar-refractivity contribution in [1.29, 1.82) is 0 Å². The van der Waals surface area contributed by atoms with Crippen molar-refractivity contribution in [3.8, 4) is 0 Å². The molecule has 1 N–H and O–H groups in total.